The summed E-state index contributed by atoms with van der Waals surface area (Å²) >= 11 is 0. The van der Waals surface area contributed by atoms with Crippen LogP contribution >= 0.6 is 0 Å². The van der Waals surface area contributed by atoms with Gasteiger partial charge in [-0.25, -0.2) is 21.9 Å². The lowest BCUT2D eigenvalue weighted by Crippen LogP contribution is -2.39. The maximum Gasteiger partial charge on any atom is 0.257 e. The molecule has 1 spiro atoms. The first-order chi connectivity index (χ1) is 20.0. The number of rotatable bonds is 8. The average Bonchev–Trinajstić information content (AvgIpc) is 3.62. The van der Waals surface area contributed by atoms with Gasteiger partial charge in [0.25, 0.3) is 11.8 Å². The number of aliphatic hydroxyl groups excluding tert-OH is 1. The number of aryl methyl sites for hydroxylation is 1. The second-order valence-corrected chi connectivity index (χ2v) is 13.7. The molecule has 0 atom stereocenters. The normalized spacial score (nSPS) is 19.8. The average molecular weight is 602 g/mol. The molecule has 2 aromatic carbocycles. The molecule has 6 rings (SSSR count). The molecule has 9 nitrogen and oxygen atoms in total. The van der Waals surface area contributed by atoms with E-state index >= 15 is 0 Å². The lowest BCUT2D eigenvalue weighted by molar-refractivity contribution is -0.0220. The number of hydrogen-bond donors (Lipinski definition) is 3. The van der Waals surface area contributed by atoms with Crippen molar-refractivity contribution in [2.45, 2.75) is 49.3 Å². The number of carbonyl (C=O) groups excluding carboxylic acids is 1. The summed E-state index contributed by atoms with van der Waals surface area (Å²) in [5.41, 5.74) is 3.53. The molecule has 1 aliphatic carbocycles. The van der Waals surface area contributed by atoms with E-state index in [1.807, 2.05) is 40.9 Å². The lowest BCUT2D eigenvalue weighted by atomic mass is 9.93. The van der Waals surface area contributed by atoms with E-state index in [1.165, 1.54) is 25.0 Å². The molecule has 3 heterocycles. The van der Waals surface area contributed by atoms with Crippen LogP contribution in [0.15, 0.2) is 47.5 Å². The topological polar surface area (TPSA) is 107 Å². The molecule has 226 valence electrons. The van der Waals surface area contributed by atoms with E-state index in [0.717, 1.165) is 42.5 Å². The smallest absolute Gasteiger partial charge is 0.257 e. The van der Waals surface area contributed by atoms with E-state index in [2.05, 4.69) is 14.9 Å². The third-order valence-electron chi connectivity index (χ3n) is 9.09. The Labute approximate surface area is 244 Å². The van der Waals surface area contributed by atoms with Crippen LogP contribution in [-0.2, 0) is 17.1 Å². The van der Waals surface area contributed by atoms with Gasteiger partial charge in [0.15, 0.2) is 0 Å². The fourth-order valence-corrected chi connectivity index (χ4v) is 7.34. The Balaban J connectivity index is 1.32. The van der Waals surface area contributed by atoms with Crippen molar-refractivity contribution in [1.29, 1.82) is 0 Å². The monoisotopic (exact) mass is 601 g/mol. The molecule has 2 saturated heterocycles. The minimum absolute atomic E-state index is 0.0316. The quantitative estimate of drug-likeness (QED) is 0.355. The van der Waals surface area contributed by atoms with Gasteiger partial charge in [-0.3, -0.25) is 4.79 Å². The van der Waals surface area contributed by atoms with Crippen molar-refractivity contribution in [1.82, 2.24) is 9.29 Å². The van der Waals surface area contributed by atoms with Crippen LogP contribution in [0.25, 0.3) is 10.9 Å². The van der Waals surface area contributed by atoms with E-state index < -0.39 is 15.9 Å². The molecule has 1 amide bonds. The predicted molar refractivity (Wildman–Crippen MR) is 159 cm³/mol. The number of alkyl halides is 2. The van der Waals surface area contributed by atoms with Gasteiger partial charge in [0, 0.05) is 69.9 Å². The van der Waals surface area contributed by atoms with Crippen LogP contribution in [0.3, 0.4) is 0 Å². The Hall–Kier alpha value is -3.22. The summed E-state index contributed by atoms with van der Waals surface area (Å²) in [6, 6.07) is 10.1. The first kappa shape index (κ1) is 28.9. The number of aromatic nitrogens is 1. The molecule has 2 aliphatic heterocycles. The maximum absolute atomic E-state index is 13.9. The zero-order valence-corrected chi connectivity index (χ0v) is 24.5. The molecule has 1 aromatic heterocycles. The molecule has 0 unspecified atom stereocenters. The van der Waals surface area contributed by atoms with Crippen molar-refractivity contribution in [3.8, 4) is 0 Å². The zero-order valence-electron chi connectivity index (χ0n) is 23.7. The third kappa shape index (κ3) is 5.71. The molecule has 12 heteroatoms. The Morgan fingerprint density at radius 2 is 1.60 bits per heavy atom. The second kappa shape index (κ2) is 10.8. The fourth-order valence-electron chi connectivity index (χ4n) is 6.30. The van der Waals surface area contributed by atoms with Crippen LogP contribution in [-0.4, -0.2) is 69.3 Å². The molecule has 3 N–H and O–H groups in total. The number of benzene rings is 2. The first-order valence-corrected chi connectivity index (χ1v) is 16.0. The number of nitrogens with one attached hydrogen (secondary N) is 2. The van der Waals surface area contributed by atoms with Gasteiger partial charge >= 0.3 is 0 Å². The van der Waals surface area contributed by atoms with Crippen LogP contribution < -0.4 is 19.8 Å². The minimum Gasteiger partial charge on any atom is -0.395 e. The zero-order chi connectivity index (χ0) is 29.7. The predicted octanol–water partition coefficient (Wildman–Crippen LogP) is 4.32. The number of fused-ring (bicyclic) bond motifs is 1. The highest BCUT2D eigenvalue weighted by atomic mass is 32.2. The molecule has 1 saturated carbocycles. The van der Waals surface area contributed by atoms with Gasteiger partial charge in [-0.1, -0.05) is 0 Å². The van der Waals surface area contributed by atoms with Crippen LogP contribution in [0.5, 0.6) is 0 Å². The van der Waals surface area contributed by atoms with Crippen LogP contribution in [0.4, 0.5) is 25.8 Å². The van der Waals surface area contributed by atoms with Crippen LogP contribution in [0, 0.1) is 5.41 Å². The van der Waals surface area contributed by atoms with Gasteiger partial charge < -0.3 is 24.8 Å². The number of nitrogens with zero attached hydrogens (tertiary/aromatic N) is 3. The summed E-state index contributed by atoms with van der Waals surface area (Å²) in [5.74, 6) is -3.05. The van der Waals surface area contributed by atoms with Crippen molar-refractivity contribution in [2.24, 2.45) is 12.5 Å². The minimum atomic E-state index is -3.87. The third-order valence-corrected chi connectivity index (χ3v) is 10.6. The molecular formula is C30H37F2N5O4S. The van der Waals surface area contributed by atoms with Gasteiger partial charge in [0.05, 0.1) is 34.0 Å². The van der Waals surface area contributed by atoms with Gasteiger partial charge in [-0.2, -0.15) is 0 Å². The van der Waals surface area contributed by atoms with Crippen molar-refractivity contribution >= 4 is 43.9 Å². The van der Waals surface area contributed by atoms with E-state index in [9.17, 15) is 22.0 Å². The first-order valence-electron chi connectivity index (χ1n) is 14.5. The number of sulfonamides is 1. The highest BCUT2D eigenvalue weighted by molar-refractivity contribution is 7.89. The molecule has 3 fully saturated rings. The van der Waals surface area contributed by atoms with Gasteiger partial charge in [-0.15, -0.1) is 0 Å². The van der Waals surface area contributed by atoms with Crippen molar-refractivity contribution in [3.63, 3.8) is 0 Å². The van der Waals surface area contributed by atoms with E-state index in [4.69, 9.17) is 5.11 Å². The molecule has 0 bridgehead atoms. The molecule has 3 aromatic rings. The summed E-state index contributed by atoms with van der Waals surface area (Å²) < 4.78 is 57.9. The number of amides is 1. The summed E-state index contributed by atoms with van der Waals surface area (Å²) in [6.45, 7) is 1.46. The molecule has 42 heavy (non-hydrogen) atoms. The van der Waals surface area contributed by atoms with Crippen molar-refractivity contribution in [3.05, 3.63) is 48.2 Å². The highest BCUT2D eigenvalue weighted by Crippen LogP contribution is 2.54. The highest BCUT2D eigenvalue weighted by Gasteiger charge is 2.44. The molecule has 0 radical (unpaired) electrons. The summed E-state index contributed by atoms with van der Waals surface area (Å²) in [4.78, 5) is 17.9. The summed E-state index contributed by atoms with van der Waals surface area (Å²) in [6.07, 6.45) is 5.88. The standard InChI is InChI=1S/C30H37F2N5O4S/c1-35-12-4-21-18-22(19-26(27(21)35)37-15-9-30(31,32)10-16-37)34-28(39)24-3-2-23(42(40,41)33-11-17-38)20-25(24)36-13-7-29(5-6-29)8-14-36/h2-4,12,18-20,33,38H,5-11,13-17H2,1H3,(H,34,39). The van der Waals surface area contributed by atoms with Crippen LogP contribution in [0.2, 0.25) is 0 Å². The Morgan fingerprint density at radius 3 is 2.26 bits per heavy atom. The number of aliphatic hydroxyl groups is 1. The van der Waals surface area contributed by atoms with Gasteiger partial charge in [0.1, 0.15) is 0 Å². The van der Waals surface area contributed by atoms with Crippen molar-refractivity contribution in [2.75, 3.05) is 54.4 Å². The van der Waals surface area contributed by atoms with Gasteiger partial charge in [0.2, 0.25) is 10.0 Å². The lowest BCUT2D eigenvalue weighted by Gasteiger charge is -2.35. The van der Waals surface area contributed by atoms with E-state index in [0.29, 0.717) is 22.4 Å². The second-order valence-electron chi connectivity index (χ2n) is 11.9. The Bertz CT molecular complexity index is 1600. The van der Waals surface area contributed by atoms with Crippen LogP contribution in [0.1, 0.15) is 48.9 Å². The number of piperidine rings is 2. The summed E-state index contributed by atoms with van der Waals surface area (Å²) in [7, 11) is -1.97. The molecular weight excluding hydrogens is 564 g/mol. The largest absolute Gasteiger partial charge is 0.395 e. The van der Waals surface area contributed by atoms with E-state index in [-0.39, 0.29) is 49.9 Å². The van der Waals surface area contributed by atoms with Gasteiger partial charge in [-0.05, 0) is 67.5 Å². The number of halogens is 2. The Kier molecular flexibility index (Phi) is 7.43. The fraction of sp³-hybridized carbons (Fsp3) is 0.500. The summed E-state index contributed by atoms with van der Waals surface area (Å²) in [5, 5.41) is 13.0. The Morgan fingerprint density at radius 1 is 0.929 bits per heavy atom. The SMILES string of the molecule is Cn1ccc2cc(NC(=O)c3ccc(S(=O)(=O)NCCO)cc3N3CCC4(CC3)CC4)cc(N3CCC(F)(F)CC3)c21. The number of hydrogen-bond acceptors (Lipinski definition) is 6. The number of anilines is 3. The molecule has 3 aliphatic rings. The van der Waals surface area contributed by atoms with E-state index in [1.54, 1.807) is 6.07 Å². The maximum atomic E-state index is 13.9. The van der Waals surface area contributed by atoms with Crippen molar-refractivity contribution < 1.29 is 27.1 Å². The number of carbonyl (C=O) groups is 1.